The zero-order chi connectivity index (χ0) is 10.0. The molecule has 2 atom stereocenters. The van der Waals surface area contributed by atoms with Crippen molar-refractivity contribution in [1.29, 1.82) is 0 Å². The van der Waals surface area contributed by atoms with Crippen LogP contribution in [-0.2, 0) is 4.79 Å². The van der Waals surface area contributed by atoms with Gasteiger partial charge in [-0.05, 0) is 25.6 Å². The molecule has 1 saturated heterocycles. The Labute approximate surface area is 83.8 Å². The summed E-state index contributed by atoms with van der Waals surface area (Å²) in [6.45, 7) is 7.50. The molecule has 1 heterocycles. The molecular weight excluding hydrogens is 184 g/mol. The van der Waals surface area contributed by atoms with Gasteiger partial charge in [0, 0.05) is 0 Å². The predicted octanol–water partition coefficient (Wildman–Crippen LogP) is 1.06. The van der Waals surface area contributed by atoms with Gasteiger partial charge in [-0.2, -0.15) is 0 Å². The van der Waals surface area contributed by atoms with E-state index in [1.165, 1.54) is 0 Å². The van der Waals surface area contributed by atoms with Crippen LogP contribution in [0.2, 0.25) is 0 Å². The fourth-order valence-electron chi connectivity index (χ4n) is 1.32. The molecule has 3 nitrogen and oxygen atoms in total. The molecule has 0 bridgehead atoms. The van der Waals surface area contributed by atoms with E-state index in [0.29, 0.717) is 5.11 Å². The number of nitrogens with one attached hydrogen (secondary N) is 1. The highest BCUT2D eigenvalue weighted by atomic mass is 32.1. The normalized spacial score (nSPS) is 24.5. The van der Waals surface area contributed by atoms with Crippen molar-refractivity contribution in [3.63, 3.8) is 0 Å². The van der Waals surface area contributed by atoms with Crippen LogP contribution in [0.3, 0.4) is 0 Å². The van der Waals surface area contributed by atoms with Gasteiger partial charge >= 0.3 is 0 Å². The Hall–Kier alpha value is -0.900. The lowest BCUT2D eigenvalue weighted by Crippen LogP contribution is -2.37. The van der Waals surface area contributed by atoms with E-state index in [2.05, 4.69) is 11.9 Å². The number of carbonyl (C=O) groups is 1. The molecule has 1 aliphatic rings. The fourth-order valence-corrected chi connectivity index (χ4v) is 1.71. The molecule has 0 saturated carbocycles. The molecule has 0 radical (unpaired) electrons. The van der Waals surface area contributed by atoms with Crippen molar-refractivity contribution < 1.29 is 4.79 Å². The van der Waals surface area contributed by atoms with E-state index in [9.17, 15) is 4.79 Å². The summed E-state index contributed by atoms with van der Waals surface area (Å²) in [6.07, 6.45) is 2.48. The van der Waals surface area contributed by atoms with Gasteiger partial charge in [-0.1, -0.05) is 13.0 Å². The summed E-state index contributed by atoms with van der Waals surface area (Å²) in [4.78, 5) is 13.3. The Kier molecular flexibility index (Phi) is 3.03. The average molecular weight is 198 g/mol. The highest BCUT2D eigenvalue weighted by Gasteiger charge is 2.35. The zero-order valence-electron chi connectivity index (χ0n) is 7.91. The maximum Gasteiger partial charge on any atom is 0.251 e. The largest absolute Gasteiger partial charge is 0.350 e. The van der Waals surface area contributed by atoms with E-state index < -0.39 is 0 Å². The summed E-state index contributed by atoms with van der Waals surface area (Å²) < 4.78 is 0. The third-order valence-electron chi connectivity index (χ3n) is 2.21. The second-order valence-corrected chi connectivity index (χ2v) is 3.48. The zero-order valence-corrected chi connectivity index (χ0v) is 8.73. The summed E-state index contributed by atoms with van der Waals surface area (Å²) >= 11 is 5.05. The maximum absolute atomic E-state index is 11.7. The summed E-state index contributed by atoms with van der Waals surface area (Å²) in [7, 11) is 0. The van der Waals surface area contributed by atoms with Crippen molar-refractivity contribution in [2.24, 2.45) is 0 Å². The third-order valence-corrected chi connectivity index (χ3v) is 2.52. The summed E-state index contributed by atoms with van der Waals surface area (Å²) in [5, 5.41) is 3.50. The molecule has 1 N–H and O–H groups in total. The summed E-state index contributed by atoms with van der Waals surface area (Å²) in [5.74, 6) is 0.0555. The number of thiocarbonyl (C=S) groups is 1. The molecule has 4 heteroatoms. The van der Waals surface area contributed by atoms with Gasteiger partial charge in [0.05, 0.1) is 6.04 Å². The second kappa shape index (κ2) is 3.87. The predicted molar refractivity (Wildman–Crippen MR) is 56.3 cm³/mol. The van der Waals surface area contributed by atoms with Gasteiger partial charge in [0.1, 0.15) is 6.04 Å². The van der Waals surface area contributed by atoms with E-state index in [-0.39, 0.29) is 18.0 Å². The second-order valence-electron chi connectivity index (χ2n) is 3.09. The molecule has 0 aromatic heterocycles. The molecule has 0 aromatic rings. The molecule has 0 spiro atoms. The molecule has 1 rings (SSSR count). The highest BCUT2D eigenvalue weighted by Crippen LogP contribution is 2.13. The van der Waals surface area contributed by atoms with Crippen LogP contribution in [0, 0.1) is 0 Å². The Morgan fingerprint density at radius 2 is 2.46 bits per heavy atom. The van der Waals surface area contributed by atoms with Crippen LogP contribution < -0.4 is 5.32 Å². The molecule has 1 aliphatic heterocycles. The molecule has 0 aliphatic carbocycles. The number of hydrogen-bond donors (Lipinski definition) is 1. The lowest BCUT2D eigenvalue weighted by atomic mass is 10.2. The van der Waals surface area contributed by atoms with Gasteiger partial charge in [-0.25, -0.2) is 0 Å². The summed E-state index contributed by atoms with van der Waals surface area (Å²) in [6, 6.07) is -0.168. The van der Waals surface area contributed by atoms with Crippen LogP contribution in [0.4, 0.5) is 0 Å². The number of amides is 1. The van der Waals surface area contributed by atoms with Gasteiger partial charge in [-0.15, -0.1) is 6.58 Å². The fraction of sp³-hybridized carbons (Fsp3) is 0.556. The lowest BCUT2D eigenvalue weighted by Gasteiger charge is -2.19. The topological polar surface area (TPSA) is 32.3 Å². The third kappa shape index (κ3) is 1.72. The first kappa shape index (κ1) is 10.2. The van der Waals surface area contributed by atoms with Crippen LogP contribution in [0.5, 0.6) is 0 Å². The minimum atomic E-state index is -0.144. The highest BCUT2D eigenvalue weighted by molar-refractivity contribution is 7.80. The van der Waals surface area contributed by atoms with Crippen molar-refractivity contribution in [3.8, 4) is 0 Å². The van der Waals surface area contributed by atoms with Crippen LogP contribution in [0.15, 0.2) is 12.7 Å². The Bertz CT molecular complexity index is 252. The summed E-state index contributed by atoms with van der Waals surface area (Å²) in [5.41, 5.74) is 0. The SMILES string of the molecule is C=CC(C)N1C(=O)[C@H](CC)NC1=S. The molecule has 72 valence electrons. The van der Waals surface area contributed by atoms with Crippen LogP contribution in [-0.4, -0.2) is 28.0 Å². The van der Waals surface area contributed by atoms with Gasteiger partial charge < -0.3 is 5.32 Å². The number of hydrogen-bond acceptors (Lipinski definition) is 2. The van der Waals surface area contributed by atoms with Crippen molar-refractivity contribution in [1.82, 2.24) is 10.2 Å². The van der Waals surface area contributed by atoms with E-state index in [1.54, 1.807) is 11.0 Å². The van der Waals surface area contributed by atoms with Crippen molar-refractivity contribution >= 4 is 23.2 Å². The Morgan fingerprint density at radius 3 is 2.85 bits per heavy atom. The van der Waals surface area contributed by atoms with E-state index in [1.807, 2.05) is 13.8 Å². The van der Waals surface area contributed by atoms with Gasteiger partial charge in [0.2, 0.25) is 0 Å². The lowest BCUT2D eigenvalue weighted by molar-refractivity contribution is -0.127. The number of rotatable bonds is 3. The Morgan fingerprint density at radius 1 is 1.85 bits per heavy atom. The van der Waals surface area contributed by atoms with Gasteiger partial charge in [0.15, 0.2) is 5.11 Å². The number of carbonyl (C=O) groups excluding carboxylic acids is 1. The smallest absolute Gasteiger partial charge is 0.251 e. The van der Waals surface area contributed by atoms with Crippen molar-refractivity contribution in [2.45, 2.75) is 32.4 Å². The molecule has 13 heavy (non-hydrogen) atoms. The molecule has 1 unspecified atom stereocenters. The van der Waals surface area contributed by atoms with Crippen LogP contribution in [0.25, 0.3) is 0 Å². The maximum atomic E-state index is 11.7. The van der Waals surface area contributed by atoms with Crippen LogP contribution in [0.1, 0.15) is 20.3 Å². The standard InChI is InChI=1S/C9H14N2OS/c1-4-6(3)11-8(12)7(5-2)10-9(11)13/h4,6-7H,1,5H2,2-3H3,(H,10,13)/t6?,7-/m0/s1. The minimum Gasteiger partial charge on any atom is -0.350 e. The van der Waals surface area contributed by atoms with Crippen LogP contribution >= 0.6 is 12.2 Å². The van der Waals surface area contributed by atoms with Gasteiger partial charge in [-0.3, -0.25) is 9.69 Å². The first-order chi connectivity index (χ1) is 6.11. The average Bonchev–Trinajstić information content (AvgIpc) is 2.40. The molecule has 0 aromatic carbocycles. The van der Waals surface area contributed by atoms with E-state index >= 15 is 0 Å². The number of nitrogens with zero attached hydrogens (tertiary/aromatic N) is 1. The molecular formula is C9H14N2OS. The minimum absolute atomic E-state index is 0.0240. The van der Waals surface area contributed by atoms with Crippen molar-refractivity contribution in [2.75, 3.05) is 0 Å². The first-order valence-corrected chi connectivity index (χ1v) is 4.78. The molecule has 1 fully saturated rings. The quantitative estimate of drug-likeness (QED) is 0.543. The van der Waals surface area contributed by atoms with E-state index in [4.69, 9.17) is 12.2 Å². The molecule has 1 amide bonds. The Balaban J connectivity index is 2.81. The first-order valence-electron chi connectivity index (χ1n) is 4.38. The van der Waals surface area contributed by atoms with E-state index in [0.717, 1.165) is 6.42 Å². The van der Waals surface area contributed by atoms with Crippen molar-refractivity contribution in [3.05, 3.63) is 12.7 Å². The van der Waals surface area contributed by atoms with Gasteiger partial charge in [0.25, 0.3) is 5.91 Å². The monoisotopic (exact) mass is 198 g/mol.